The predicted octanol–water partition coefficient (Wildman–Crippen LogP) is 2.78. The summed E-state index contributed by atoms with van der Waals surface area (Å²) in [5.74, 6) is -0.934. The largest absolute Gasteiger partial charge is 0.493 e. The van der Waals surface area contributed by atoms with Crippen LogP contribution in [0.25, 0.3) is 6.08 Å². The summed E-state index contributed by atoms with van der Waals surface area (Å²) in [7, 11) is -2.18. The number of thiophene rings is 1. The molecule has 32 heavy (non-hydrogen) atoms. The maximum Gasteiger partial charge on any atom is 0.353 e. The third-order valence-electron chi connectivity index (χ3n) is 3.73. The number of aromatic nitrogens is 2. The van der Waals surface area contributed by atoms with E-state index >= 15 is 0 Å². The van der Waals surface area contributed by atoms with Gasteiger partial charge in [-0.25, -0.2) is 13.2 Å². The predicted molar refractivity (Wildman–Crippen MR) is 118 cm³/mol. The van der Waals surface area contributed by atoms with E-state index in [0.29, 0.717) is 21.8 Å². The Balaban J connectivity index is 1.79. The van der Waals surface area contributed by atoms with E-state index in [2.05, 4.69) is 15.5 Å². The van der Waals surface area contributed by atoms with Gasteiger partial charge in [0.15, 0.2) is 11.5 Å². The number of rotatable bonds is 7. The number of anilines is 1. The maximum absolute atomic E-state index is 12.4. The van der Waals surface area contributed by atoms with Gasteiger partial charge in [-0.15, -0.1) is 21.5 Å². The first-order chi connectivity index (χ1) is 15.2. The van der Waals surface area contributed by atoms with Gasteiger partial charge in [0.05, 0.1) is 7.11 Å². The summed E-state index contributed by atoms with van der Waals surface area (Å²) in [6, 6.07) is 9.64. The molecule has 13 heteroatoms. The number of nitriles is 1. The lowest BCUT2D eigenvalue weighted by Crippen LogP contribution is -2.13. The zero-order valence-electron chi connectivity index (χ0n) is 16.6. The van der Waals surface area contributed by atoms with Crippen molar-refractivity contribution in [1.82, 2.24) is 10.2 Å². The quantitative estimate of drug-likeness (QED) is 0.173. The van der Waals surface area contributed by atoms with Crippen LogP contribution in [-0.2, 0) is 14.6 Å². The second-order valence-electron chi connectivity index (χ2n) is 6.05. The first-order valence-electron chi connectivity index (χ1n) is 8.61. The molecule has 2 heterocycles. The van der Waals surface area contributed by atoms with Gasteiger partial charge in [-0.2, -0.15) is 5.26 Å². The molecule has 0 radical (unpaired) electrons. The summed E-state index contributed by atoms with van der Waals surface area (Å²) in [6.45, 7) is 0. The number of sulfone groups is 1. The molecule has 0 bridgehead atoms. The second-order valence-corrected chi connectivity index (χ2v) is 10.2. The van der Waals surface area contributed by atoms with Crippen LogP contribution < -0.4 is 14.8 Å². The second kappa shape index (κ2) is 9.69. The summed E-state index contributed by atoms with van der Waals surface area (Å²) < 4.78 is 33.3. The Morgan fingerprint density at radius 2 is 2.00 bits per heavy atom. The van der Waals surface area contributed by atoms with Crippen molar-refractivity contribution >= 4 is 55.6 Å². The third kappa shape index (κ3) is 5.55. The monoisotopic (exact) mass is 490 g/mol. The normalized spacial score (nSPS) is 11.5. The van der Waals surface area contributed by atoms with E-state index in [4.69, 9.17) is 9.47 Å². The number of amides is 1. The highest BCUT2D eigenvalue weighted by Gasteiger charge is 2.18. The molecule has 0 fully saturated rings. The fourth-order valence-corrected chi connectivity index (χ4v) is 4.40. The molecule has 0 aliphatic carbocycles. The Hall–Kier alpha value is -3.60. The topological polar surface area (TPSA) is 148 Å². The molecule has 164 valence electrons. The molecule has 1 amide bonds. The summed E-state index contributed by atoms with van der Waals surface area (Å²) in [6.07, 6.45) is 2.26. The molecule has 3 aromatic rings. The van der Waals surface area contributed by atoms with Gasteiger partial charge in [0.1, 0.15) is 16.5 Å². The fraction of sp³-hybridized carbons (Fsp3) is 0.105. The summed E-state index contributed by atoms with van der Waals surface area (Å²) in [5, 5.41) is 20.5. The van der Waals surface area contributed by atoms with Crippen molar-refractivity contribution in [2.45, 2.75) is 4.34 Å². The van der Waals surface area contributed by atoms with Crippen LogP contribution in [0.3, 0.4) is 0 Å². The minimum Gasteiger partial charge on any atom is -0.493 e. The number of nitrogens with zero attached hydrogens (tertiary/aromatic N) is 3. The molecule has 0 unspecified atom stereocenters. The number of carbonyl (C=O) groups excluding carboxylic acids is 2. The number of hydrogen-bond acceptors (Lipinski definition) is 11. The van der Waals surface area contributed by atoms with Crippen molar-refractivity contribution in [2.24, 2.45) is 0 Å². The highest BCUT2D eigenvalue weighted by molar-refractivity contribution is 7.92. The van der Waals surface area contributed by atoms with Crippen LogP contribution in [0.4, 0.5) is 5.13 Å². The molecule has 1 aromatic carbocycles. The molecule has 0 aliphatic rings. The van der Waals surface area contributed by atoms with E-state index in [1.54, 1.807) is 23.6 Å². The van der Waals surface area contributed by atoms with Crippen molar-refractivity contribution < 1.29 is 27.5 Å². The van der Waals surface area contributed by atoms with Crippen LogP contribution >= 0.6 is 22.7 Å². The van der Waals surface area contributed by atoms with Crippen molar-refractivity contribution in [3.8, 4) is 17.6 Å². The maximum atomic E-state index is 12.4. The highest BCUT2D eigenvalue weighted by Crippen LogP contribution is 2.30. The molecule has 0 aliphatic heterocycles. The summed E-state index contributed by atoms with van der Waals surface area (Å²) >= 11 is 1.91. The SMILES string of the molecule is COc1cc(/C=C(/C#N)C(=O)Nc2nnc(S(C)(=O)=O)s2)ccc1OC(=O)c1cccs1. The van der Waals surface area contributed by atoms with E-state index in [9.17, 15) is 23.3 Å². The number of esters is 1. The lowest BCUT2D eigenvalue weighted by molar-refractivity contribution is -0.112. The molecular weight excluding hydrogens is 476 g/mol. The Morgan fingerprint density at radius 1 is 1.22 bits per heavy atom. The van der Waals surface area contributed by atoms with Crippen LogP contribution in [-0.4, -0.2) is 43.9 Å². The standard InChI is InChI=1S/C19H14N4O6S3/c1-28-14-9-11(5-6-13(14)29-17(25)15-4-3-7-30-15)8-12(10-20)16(24)21-18-22-23-19(31-18)32(2,26)27/h3-9H,1-2H3,(H,21,22,24)/b12-8-. The lowest BCUT2D eigenvalue weighted by Gasteiger charge is -2.09. The Labute approximate surface area is 190 Å². The van der Waals surface area contributed by atoms with Crippen molar-refractivity contribution in [3.63, 3.8) is 0 Å². The molecule has 3 rings (SSSR count). The fourth-order valence-electron chi connectivity index (χ4n) is 2.29. The van der Waals surface area contributed by atoms with Gasteiger partial charge < -0.3 is 9.47 Å². The number of carbonyl (C=O) groups is 2. The molecule has 2 aromatic heterocycles. The number of ether oxygens (including phenoxy) is 2. The van der Waals surface area contributed by atoms with E-state index in [-0.39, 0.29) is 26.5 Å². The van der Waals surface area contributed by atoms with Gasteiger partial charge in [0.2, 0.25) is 19.3 Å². The van der Waals surface area contributed by atoms with E-state index in [1.807, 2.05) is 0 Å². The van der Waals surface area contributed by atoms with Crippen LogP contribution in [0.5, 0.6) is 11.5 Å². The van der Waals surface area contributed by atoms with E-state index < -0.39 is 21.7 Å². The molecule has 10 nitrogen and oxygen atoms in total. The lowest BCUT2D eigenvalue weighted by atomic mass is 10.1. The van der Waals surface area contributed by atoms with Crippen LogP contribution in [0.15, 0.2) is 45.6 Å². The van der Waals surface area contributed by atoms with Crippen LogP contribution in [0, 0.1) is 11.3 Å². The number of hydrogen-bond donors (Lipinski definition) is 1. The molecule has 0 saturated heterocycles. The van der Waals surface area contributed by atoms with E-state index in [0.717, 1.165) is 6.26 Å². The highest BCUT2D eigenvalue weighted by atomic mass is 32.2. The van der Waals surface area contributed by atoms with Gasteiger partial charge in [0, 0.05) is 6.26 Å². The minimum absolute atomic E-state index is 0.0648. The summed E-state index contributed by atoms with van der Waals surface area (Å²) in [4.78, 5) is 25.0. The average Bonchev–Trinajstić information content (AvgIpc) is 3.44. The van der Waals surface area contributed by atoms with Crippen molar-refractivity contribution in [3.05, 3.63) is 51.7 Å². The van der Waals surface area contributed by atoms with Gasteiger partial charge in [-0.05, 0) is 35.2 Å². The van der Waals surface area contributed by atoms with Crippen LogP contribution in [0.1, 0.15) is 15.2 Å². The zero-order valence-corrected chi connectivity index (χ0v) is 19.0. The van der Waals surface area contributed by atoms with Gasteiger partial charge in [0.25, 0.3) is 5.91 Å². The van der Waals surface area contributed by atoms with E-state index in [1.165, 1.54) is 42.7 Å². The molecule has 0 saturated carbocycles. The van der Waals surface area contributed by atoms with Gasteiger partial charge in [-0.1, -0.05) is 23.5 Å². The Bertz CT molecular complexity index is 1340. The number of benzene rings is 1. The summed E-state index contributed by atoms with van der Waals surface area (Å²) in [5.41, 5.74) is 0.157. The number of methoxy groups -OCH3 is 1. The zero-order chi connectivity index (χ0) is 23.3. The van der Waals surface area contributed by atoms with Crippen molar-refractivity contribution in [2.75, 3.05) is 18.7 Å². The van der Waals surface area contributed by atoms with Crippen LogP contribution in [0.2, 0.25) is 0 Å². The Morgan fingerprint density at radius 3 is 2.59 bits per heavy atom. The smallest absolute Gasteiger partial charge is 0.353 e. The molecule has 0 atom stereocenters. The molecule has 1 N–H and O–H groups in total. The minimum atomic E-state index is -3.56. The molecule has 0 spiro atoms. The molecular formula is C19H14N4O6S3. The first-order valence-corrected chi connectivity index (χ1v) is 12.2. The first kappa shape index (κ1) is 23.1. The van der Waals surface area contributed by atoms with Gasteiger partial charge >= 0.3 is 5.97 Å². The van der Waals surface area contributed by atoms with Gasteiger partial charge in [-0.3, -0.25) is 10.1 Å². The number of nitrogens with one attached hydrogen (secondary N) is 1. The average molecular weight is 491 g/mol. The van der Waals surface area contributed by atoms with Crippen molar-refractivity contribution in [1.29, 1.82) is 5.26 Å². The third-order valence-corrected chi connectivity index (χ3v) is 7.09. The Kier molecular flexibility index (Phi) is 6.98.